The quantitative estimate of drug-likeness (QED) is 0.600. The first-order chi connectivity index (χ1) is 9.28. The van der Waals surface area contributed by atoms with Crippen LogP contribution >= 0.6 is 22.6 Å². The van der Waals surface area contributed by atoms with Crippen molar-refractivity contribution in [2.45, 2.75) is 13.1 Å². The van der Waals surface area contributed by atoms with E-state index in [1.807, 2.05) is 16.9 Å². The molecule has 2 aromatic rings. The number of aromatic nitrogens is 2. The maximum Gasteiger partial charge on any atom is 0.0762 e. The molecule has 0 spiro atoms. The second kappa shape index (κ2) is 7.62. The Morgan fingerprint density at radius 1 is 1.26 bits per heavy atom. The van der Waals surface area contributed by atoms with Crippen LogP contribution in [-0.4, -0.2) is 30.0 Å². The molecule has 0 saturated heterocycles. The van der Waals surface area contributed by atoms with Crippen molar-refractivity contribution in [2.75, 3.05) is 20.3 Å². The molecular formula is C14H18IN3O. The summed E-state index contributed by atoms with van der Waals surface area (Å²) < 4.78 is 8.21. The van der Waals surface area contributed by atoms with Crippen molar-refractivity contribution < 1.29 is 4.74 Å². The first kappa shape index (κ1) is 14.5. The zero-order valence-electron chi connectivity index (χ0n) is 11.0. The van der Waals surface area contributed by atoms with Gasteiger partial charge in [0.1, 0.15) is 0 Å². The van der Waals surface area contributed by atoms with E-state index < -0.39 is 0 Å². The van der Waals surface area contributed by atoms with Gasteiger partial charge < -0.3 is 10.1 Å². The molecule has 0 unspecified atom stereocenters. The zero-order valence-corrected chi connectivity index (χ0v) is 13.1. The summed E-state index contributed by atoms with van der Waals surface area (Å²) in [6.45, 7) is 3.17. The standard InChI is InChI=1S/C14H18IN3O/c1-19-9-7-16-10-14-6-8-18(17-14)11-12-2-4-13(15)5-3-12/h2-6,8,16H,7,9-11H2,1H3. The number of hydrogen-bond acceptors (Lipinski definition) is 3. The molecule has 1 aromatic heterocycles. The normalized spacial score (nSPS) is 10.8. The maximum absolute atomic E-state index is 4.98. The highest BCUT2D eigenvalue weighted by molar-refractivity contribution is 14.1. The van der Waals surface area contributed by atoms with Crippen LogP contribution in [0.5, 0.6) is 0 Å². The van der Waals surface area contributed by atoms with Crippen molar-refractivity contribution in [3.63, 3.8) is 0 Å². The van der Waals surface area contributed by atoms with E-state index in [0.29, 0.717) is 0 Å². The molecule has 0 bridgehead atoms. The zero-order chi connectivity index (χ0) is 13.5. The van der Waals surface area contributed by atoms with E-state index >= 15 is 0 Å². The Morgan fingerprint density at radius 3 is 2.79 bits per heavy atom. The Balaban J connectivity index is 1.85. The van der Waals surface area contributed by atoms with Gasteiger partial charge in [-0.2, -0.15) is 5.10 Å². The van der Waals surface area contributed by atoms with Gasteiger partial charge in [-0.05, 0) is 46.4 Å². The summed E-state index contributed by atoms with van der Waals surface area (Å²) in [5.74, 6) is 0. The molecule has 0 radical (unpaired) electrons. The Bertz CT molecular complexity index is 496. The Labute approximate surface area is 127 Å². The minimum atomic E-state index is 0.726. The topological polar surface area (TPSA) is 39.1 Å². The van der Waals surface area contributed by atoms with Crippen LogP contribution in [-0.2, 0) is 17.8 Å². The molecule has 0 fully saturated rings. The van der Waals surface area contributed by atoms with E-state index in [1.54, 1.807) is 7.11 Å². The third kappa shape index (κ3) is 4.93. The highest BCUT2D eigenvalue weighted by atomic mass is 127. The molecular weight excluding hydrogens is 353 g/mol. The molecule has 0 saturated carbocycles. The predicted octanol–water partition coefficient (Wildman–Crippen LogP) is 2.27. The number of hydrogen-bond donors (Lipinski definition) is 1. The average Bonchev–Trinajstić information content (AvgIpc) is 2.85. The summed E-state index contributed by atoms with van der Waals surface area (Å²) in [5.41, 5.74) is 2.32. The van der Waals surface area contributed by atoms with Gasteiger partial charge in [0.25, 0.3) is 0 Å². The van der Waals surface area contributed by atoms with E-state index in [9.17, 15) is 0 Å². The van der Waals surface area contributed by atoms with E-state index in [1.165, 1.54) is 9.13 Å². The lowest BCUT2D eigenvalue weighted by atomic mass is 10.2. The number of rotatable bonds is 7. The van der Waals surface area contributed by atoms with Crippen molar-refractivity contribution in [1.29, 1.82) is 0 Å². The van der Waals surface area contributed by atoms with Crippen molar-refractivity contribution >= 4 is 22.6 Å². The van der Waals surface area contributed by atoms with Crippen LogP contribution in [0.25, 0.3) is 0 Å². The highest BCUT2D eigenvalue weighted by Crippen LogP contribution is 2.08. The van der Waals surface area contributed by atoms with Gasteiger partial charge >= 0.3 is 0 Å². The SMILES string of the molecule is COCCNCc1ccn(Cc2ccc(I)cc2)n1. The Kier molecular flexibility index (Phi) is 5.81. The molecule has 0 atom stereocenters. The predicted molar refractivity (Wildman–Crippen MR) is 84.1 cm³/mol. The number of nitrogens with one attached hydrogen (secondary N) is 1. The van der Waals surface area contributed by atoms with Gasteiger partial charge in [0.15, 0.2) is 0 Å². The van der Waals surface area contributed by atoms with Gasteiger partial charge in [0.05, 0.1) is 18.8 Å². The van der Waals surface area contributed by atoms with Crippen molar-refractivity contribution in [3.05, 3.63) is 51.4 Å². The van der Waals surface area contributed by atoms with Gasteiger partial charge in [0.2, 0.25) is 0 Å². The summed E-state index contributed by atoms with van der Waals surface area (Å²) in [6.07, 6.45) is 2.02. The second-order valence-electron chi connectivity index (χ2n) is 4.30. The summed E-state index contributed by atoms with van der Waals surface area (Å²) in [4.78, 5) is 0. The fourth-order valence-electron chi connectivity index (χ4n) is 1.75. The summed E-state index contributed by atoms with van der Waals surface area (Å²) in [5, 5.41) is 7.82. The number of halogens is 1. The molecule has 0 aliphatic carbocycles. The number of ether oxygens (including phenoxy) is 1. The third-order valence-electron chi connectivity index (χ3n) is 2.74. The van der Waals surface area contributed by atoms with E-state index in [-0.39, 0.29) is 0 Å². The highest BCUT2D eigenvalue weighted by Gasteiger charge is 2.00. The van der Waals surface area contributed by atoms with Crippen LogP contribution in [0.2, 0.25) is 0 Å². The lowest BCUT2D eigenvalue weighted by Crippen LogP contribution is -2.19. The van der Waals surface area contributed by atoms with Gasteiger partial charge in [-0.25, -0.2) is 0 Å². The largest absolute Gasteiger partial charge is 0.383 e. The smallest absolute Gasteiger partial charge is 0.0762 e. The molecule has 1 aromatic carbocycles. The molecule has 1 N–H and O–H groups in total. The number of methoxy groups -OCH3 is 1. The van der Waals surface area contributed by atoms with Crippen molar-refractivity contribution in [2.24, 2.45) is 0 Å². The van der Waals surface area contributed by atoms with Crippen LogP contribution < -0.4 is 5.32 Å². The molecule has 4 nitrogen and oxygen atoms in total. The summed E-state index contributed by atoms with van der Waals surface area (Å²) >= 11 is 2.31. The fraction of sp³-hybridized carbons (Fsp3) is 0.357. The van der Waals surface area contributed by atoms with Gasteiger partial charge in [-0.15, -0.1) is 0 Å². The van der Waals surface area contributed by atoms with Crippen LogP contribution in [0.1, 0.15) is 11.3 Å². The molecule has 5 heteroatoms. The maximum atomic E-state index is 4.98. The lowest BCUT2D eigenvalue weighted by Gasteiger charge is -2.03. The molecule has 2 rings (SSSR count). The molecule has 0 aliphatic rings. The number of nitrogens with zero attached hydrogens (tertiary/aromatic N) is 2. The van der Waals surface area contributed by atoms with Crippen LogP contribution in [0.4, 0.5) is 0 Å². The first-order valence-electron chi connectivity index (χ1n) is 6.24. The Morgan fingerprint density at radius 2 is 2.05 bits per heavy atom. The van der Waals surface area contributed by atoms with Gasteiger partial charge in [0, 0.05) is 30.0 Å². The second-order valence-corrected chi connectivity index (χ2v) is 5.55. The Hall–Kier alpha value is -0.920. The van der Waals surface area contributed by atoms with E-state index in [0.717, 1.165) is 31.9 Å². The summed E-state index contributed by atoms with van der Waals surface area (Å²) in [7, 11) is 1.71. The fourth-order valence-corrected chi connectivity index (χ4v) is 2.11. The molecule has 0 aliphatic heterocycles. The van der Waals surface area contributed by atoms with Gasteiger partial charge in [-0.1, -0.05) is 12.1 Å². The van der Waals surface area contributed by atoms with E-state index in [4.69, 9.17) is 4.74 Å². The van der Waals surface area contributed by atoms with Crippen LogP contribution in [0.3, 0.4) is 0 Å². The molecule has 19 heavy (non-hydrogen) atoms. The van der Waals surface area contributed by atoms with Crippen molar-refractivity contribution in [3.8, 4) is 0 Å². The molecule has 0 amide bonds. The minimum Gasteiger partial charge on any atom is -0.383 e. The molecule has 1 heterocycles. The third-order valence-corrected chi connectivity index (χ3v) is 3.46. The lowest BCUT2D eigenvalue weighted by molar-refractivity contribution is 0.199. The van der Waals surface area contributed by atoms with Crippen molar-refractivity contribution in [1.82, 2.24) is 15.1 Å². The first-order valence-corrected chi connectivity index (χ1v) is 7.32. The van der Waals surface area contributed by atoms with Crippen LogP contribution in [0, 0.1) is 3.57 Å². The van der Waals surface area contributed by atoms with E-state index in [2.05, 4.69) is 57.3 Å². The van der Waals surface area contributed by atoms with Gasteiger partial charge in [-0.3, -0.25) is 4.68 Å². The average molecular weight is 371 g/mol. The summed E-state index contributed by atoms with van der Waals surface area (Å²) in [6, 6.07) is 10.6. The number of benzene rings is 1. The minimum absolute atomic E-state index is 0.726. The van der Waals surface area contributed by atoms with Crippen LogP contribution in [0.15, 0.2) is 36.5 Å². The molecule has 102 valence electrons. The monoisotopic (exact) mass is 371 g/mol.